The highest BCUT2D eigenvalue weighted by Gasteiger charge is 2.22. The Morgan fingerprint density at radius 2 is 1.89 bits per heavy atom. The monoisotopic (exact) mass is 264 g/mol. The molecule has 19 heavy (non-hydrogen) atoms. The van der Waals surface area contributed by atoms with Crippen LogP contribution in [0.15, 0.2) is 18.2 Å². The smallest absolute Gasteiger partial charge is 0.490 e. The maximum atomic E-state index is 10.0. The molecule has 1 N–H and O–H groups in total. The summed E-state index contributed by atoms with van der Waals surface area (Å²) in [6.07, 6.45) is 0.868. The lowest BCUT2D eigenvalue weighted by molar-refractivity contribution is 0.174. The van der Waals surface area contributed by atoms with E-state index in [2.05, 4.69) is 20.8 Å². The van der Waals surface area contributed by atoms with Crippen LogP contribution in [-0.4, -0.2) is 32.0 Å². The van der Waals surface area contributed by atoms with Crippen LogP contribution in [0, 0.1) is 5.41 Å². The first-order chi connectivity index (χ1) is 8.96. The van der Waals surface area contributed by atoms with Crippen molar-refractivity contribution in [2.45, 2.75) is 27.2 Å². The van der Waals surface area contributed by atoms with Crippen molar-refractivity contribution >= 4 is 12.6 Å². The third-order valence-electron chi connectivity index (χ3n) is 2.73. The van der Waals surface area contributed by atoms with Crippen molar-refractivity contribution in [2.75, 3.05) is 19.8 Å². The minimum Gasteiger partial charge on any atom is -0.490 e. The van der Waals surface area contributed by atoms with Gasteiger partial charge in [0.05, 0.1) is 13.2 Å². The minimum atomic E-state index is -0.934. The fraction of sp³-hybridized carbons (Fsp3) is 0.571. The van der Waals surface area contributed by atoms with Gasteiger partial charge < -0.3 is 19.2 Å². The largest absolute Gasteiger partial charge is 0.491 e. The van der Waals surface area contributed by atoms with Gasteiger partial charge in [-0.3, -0.25) is 0 Å². The summed E-state index contributed by atoms with van der Waals surface area (Å²) in [6.45, 7) is 7.97. The van der Waals surface area contributed by atoms with E-state index >= 15 is 0 Å². The van der Waals surface area contributed by atoms with E-state index in [0.29, 0.717) is 31.0 Å². The van der Waals surface area contributed by atoms with Gasteiger partial charge in [-0.1, -0.05) is 26.8 Å². The lowest BCUT2D eigenvalue weighted by Crippen LogP contribution is -2.36. The predicted octanol–water partition coefficient (Wildman–Crippen LogP) is 1.60. The molecule has 1 aliphatic heterocycles. The van der Waals surface area contributed by atoms with Gasteiger partial charge in [0.2, 0.25) is 0 Å². The second-order valence-electron chi connectivity index (χ2n) is 5.98. The van der Waals surface area contributed by atoms with Crippen LogP contribution in [0.25, 0.3) is 0 Å². The van der Waals surface area contributed by atoms with Crippen molar-refractivity contribution in [3.8, 4) is 11.5 Å². The van der Waals surface area contributed by atoms with Crippen molar-refractivity contribution in [1.29, 1.82) is 0 Å². The fourth-order valence-electron chi connectivity index (χ4n) is 1.76. The first kappa shape index (κ1) is 14.2. The average molecular weight is 264 g/mol. The van der Waals surface area contributed by atoms with Gasteiger partial charge in [-0.15, -0.1) is 0 Å². The zero-order valence-corrected chi connectivity index (χ0v) is 11.8. The Labute approximate surface area is 114 Å². The van der Waals surface area contributed by atoms with Gasteiger partial charge in [-0.25, -0.2) is 0 Å². The van der Waals surface area contributed by atoms with Gasteiger partial charge >= 0.3 is 7.12 Å². The van der Waals surface area contributed by atoms with E-state index in [-0.39, 0.29) is 5.41 Å². The Morgan fingerprint density at radius 1 is 1.21 bits per heavy atom. The zero-order chi connectivity index (χ0) is 13.9. The second kappa shape index (κ2) is 5.84. The molecule has 5 heteroatoms. The van der Waals surface area contributed by atoms with Gasteiger partial charge in [0.1, 0.15) is 0 Å². The molecule has 4 nitrogen and oxygen atoms in total. The molecular weight excluding hydrogens is 243 g/mol. The Hall–Kier alpha value is -1.20. The van der Waals surface area contributed by atoms with Crippen molar-refractivity contribution in [3.05, 3.63) is 18.2 Å². The summed E-state index contributed by atoms with van der Waals surface area (Å²) in [6, 6.07) is 5.41. The van der Waals surface area contributed by atoms with E-state index in [4.69, 9.17) is 14.1 Å². The van der Waals surface area contributed by atoms with Crippen LogP contribution in [0.4, 0.5) is 0 Å². The fourth-order valence-corrected chi connectivity index (χ4v) is 1.76. The van der Waals surface area contributed by atoms with Crippen molar-refractivity contribution in [2.24, 2.45) is 5.41 Å². The van der Waals surface area contributed by atoms with E-state index < -0.39 is 7.12 Å². The standard InChI is InChI=1S/C14H21BO4/c1-14(2,3)10-19-15(16)11-5-6-12-13(9-11)18-8-4-7-17-12/h5-6,9,16H,4,7-8,10H2,1-3H3. The first-order valence-electron chi connectivity index (χ1n) is 6.65. The maximum Gasteiger partial charge on any atom is 0.491 e. The predicted molar refractivity (Wildman–Crippen MR) is 75.1 cm³/mol. The summed E-state index contributed by atoms with van der Waals surface area (Å²) in [5.41, 5.74) is 0.709. The zero-order valence-electron chi connectivity index (χ0n) is 11.8. The Bertz CT molecular complexity index is 428. The van der Waals surface area contributed by atoms with Gasteiger partial charge in [0.25, 0.3) is 0 Å². The highest BCUT2D eigenvalue weighted by molar-refractivity contribution is 6.60. The lowest BCUT2D eigenvalue weighted by atomic mass is 9.79. The average Bonchev–Trinajstić information content (AvgIpc) is 2.59. The molecule has 1 aromatic rings. The number of ether oxygens (including phenoxy) is 2. The molecule has 0 unspecified atom stereocenters. The summed E-state index contributed by atoms with van der Waals surface area (Å²) in [4.78, 5) is 0. The highest BCUT2D eigenvalue weighted by atomic mass is 16.5. The molecule has 0 radical (unpaired) electrons. The van der Waals surface area contributed by atoms with Crippen LogP contribution in [0.2, 0.25) is 0 Å². The number of benzene rings is 1. The minimum absolute atomic E-state index is 0.0201. The molecule has 0 bridgehead atoms. The Morgan fingerprint density at radius 3 is 2.58 bits per heavy atom. The summed E-state index contributed by atoms with van der Waals surface area (Å²) < 4.78 is 16.6. The summed E-state index contributed by atoms with van der Waals surface area (Å²) >= 11 is 0. The maximum absolute atomic E-state index is 10.0. The van der Waals surface area contributed by atoms with Crippen molar-refractivity contribution in [3.63, 3.8) is 0 Å². The molecule has 0 aliphatic carbocycles. The first-order valence-corrected chi connectivity index (χ1v) is 6.65. The quantitative estimate of drug-likeness (QED) is 0.842. The van der Waals surface area contributed by atoms with Crippen LogP contribution >= 0.6 is 0 Å². The van der Waals surface area contributed by atoms with E-state index in [9.17, 15) is 5.02 Å². The van der Waals surface area contributed by atoms with Crippen molar-refractivity contribution in [1.82, 2.24) is 0 Å². The highest BCUT2D eigenvalue weighted by Crippen LogP contribution is 2.27. The number of hydrogen-bond donors (Lipinski definition) is 1. The molecule has 104 valence electrons. The third kappa shape index (κ3) is 4.15. The van der Waals surface area contributed by atoms with E-state index in [0.717, 1.165) is 12.2 Å². The Kier molecular flexibility index (Phi) is 4.37. The molecule has 0 saturated heterocycles. The topological polar surface area (TPSA) is 47.9 Å². The molecule has 0 saturated carbocycles. The molecule has 0 spiro atoms. The van der Waals surface area contributed by atoms with E-state index in [1.807, 2.05) is 6.07 Å². The lowest BCUT2D eigenvalue weighted by Gasteiger charge is -2.20. The Balaban J connectivity index is 2.06. The van der Waals surface area contributed by atoms with Crippen molar-refractivity contribution < 1.29 is 19.2 Å². The molecule has 0 amide bonds. The summed E-state index contributed by atoms with van der Waals surface area (Å²) in [5.74, 6) is 1.40. The molecule has 2 rings (SSSR count). The molecule has 0 atom stereocenters. The summed E-state index contributed by atoms with van der Waals surface area (Å²) in [5, 5.41) is 10.0. The molecule has 1 aliphatic rings. The van der Waals surface area contributed by atoms with Crippen LogP contribution in [-0.2, 0) is 4.65 Å². The van der Waals surface area contributed by atoms with Gasteiger partial charge in [-0.2, -0.15) is 0 Å². The normalized spacial score (nSPS) is 14.9. The van der Waals surface area contributed by atoms with E-state index in [1.165, 1.54) is 0 Å². The van der Waals surface area contributed by atoms with Crippen LogP contribution in [0.5, 0.6) is 11.5 Å². The summed E-state index contributed by atoms with van der Waals surface area (Å²) in [7, 11) is -0.934. The van der Waals surface area contributed by atoms with Crippen LogP contribution in [0.3, 0.4) is 0 Å². The molecule has 0 aromatic heterocycles. The molecule has 1 aromatic carbocycles. The number of rotatable bonds is 3. The molecule has 1 heterocycles. The van der Waals surface area contributed by atoms with Gasteiger partial charge in [0, 0.05) is 13.0 Å². The number of fused-ring (bicyclic) bond motifs is 1. The SMILES string of the molecule is CC(C)(C)COB(O)c1ccc2c(c1)OCCCO2. The second-order valence-corrected chi connectivity index (χ2v) is 5.98. The third-order valence-corrected chi connectivity index (χ3v) is 2.73. The van der Waals surface area contributed by atoms with Crippen LogP contribution < -0.4 is 14.9 Å². The van der Waals surface area contributed by atoms with Gasteiger partial charge in [0.15, 0.2) is 11.5 Å². The van der Waals surface area contributed by atoms with E-state index in [1.54, 1.807) is 12.1 Å². The van der Waals surface area contributed by atoms with Crippen LogP contribution in [0.1, 0.15) is 27.2 Å². The van der Waals surface area contributed by atoms with Gasteiger partial charge in [-0.05, 0) is 23.0 Å². The molecule has 0 fully saturated rings. The molecular formula is C14H21BO4. The number of hydrogen-bond acceptors (Lipinski definition) is 4.